The molecule has 8 heteroatoms. The second-order valence-electron chi connectivity index (χ2n) is 8.82. The lowest BCUT2D eigenvalue weighted by Gasteiger charge is -2.32. The zero-order valence-corrected chi connectivity index (χ0v) is 20.6. The largest absolute Gasteiger partial charge is 0.486 e. The number of hydrogen-bond donors (Lipinski definition) is 3. The van der Waals surface area contributed by atoms with Crippen LogP contribution in [0.5, 0.6) is 5.75 Å². The van der Waals surface area contributed by atoms with Gasteiger partial charge in [0.25, 0.3) is 5.91 Å². The highest BCUT2D eigenvalue weighted by atomic mass is 32.1. The molecule has 184 valence electrons. The van der Waals surface area contributed by atoms with Gasteiger partial charge in [-0.05, 0) is 36.4 Å². The molecule has 1 aliphatic carbocycles. The summed E-state index contributed by atoms with van der Waals surface area (Å²) < 4.78 is 5.73. The van der Waals surface area contributed by atoms with Crippen LogP contribution in [0, 0.1) is 0 Å². The maximum Gasteiger partial charge on any atom is 0.319 e. The summed E-state index contributed by atoms with van der Waals surface area (Å²) in [6, 6.07) is 22.7. The highest BCUT2D eigenvalue weighted by Crippen LogP contribution is 2.24. The van der Waals surface area contributed by atoms with Gasteiger partial charge < -0.3 is 20.7 Å². The fourth-order valence-electron chi connectivity index (χ4n) is 4.52. The molecule has 1 aromatic heterocycles. The Morgan fingerprint density at radius 2 is 1.61 bits per heavy atom. The molecule has 3 aromatic carbocycles. The highest BCUT2D eigenvalue weighted by Gasteiger charge is 2.29. The number of benzene rings is 3. The molecule has 36 heavy (non-hydrogen) atoms. The SMILES string of the molecule is O=C(Nc1cccc2ccccc12)NC1CCCCC1NC(=O)c1csc(COc2ccccc2)n1. The fourth-order valence-corrected chi connectivity index (χ4v) is 5.21. The number of aromatic nitrogens is 1. The minimum atomic E-state index is -0.272. The molecule has 0 radical (unpaired) electrons. The van der Waals surface area contributed by atoms with Gasteiger partial charge in [-0.1, -0.05) is 67.4 Å². The van der Waals surface area contributed by atoms with Gasteiger partial charge >= 0.3 is 6.03 Å². The van der Waals surface area contributed by atoms with Crippen molar-refractivity contribution in [2.45, 2.75) is 44.4 Å². The smallest absolute Gasteiger partial charge is 0.319 e. The lowest BCUT2D eigenvalue weighted by Crippen LogP contribution is -2.54. The van der Waals surface area contributed by atoms with Gasteiger partial charge in [0.1, 0.15) is 23.1 Å². The summed E-state index contributed by atoms with van der Waals surface area (Å²) in [7, 11) is 0. The number of carbonyl (C=O) groups is 2. The number of rotatable bonds is 7. The molecule has 5 rings (SSSR count). The second kappa shape index (κ2) is 11.2. The predicted molar refractivity (Wildman–Crippen MR) is 143 cm³/mol. The maximum absolute atomic E-state index is 12.9. The lowest BCUT2D eigenvalue weighted by atomic mass is 9.90. The molecule has 1 aliphatic rings. The van der Waals surface area contributed by atoms with Crippen LogP contribution in [0.4, 0.5) is 10.5 Å². The molecule has 7 nitrogen and oxygen atoms in total. The van der Waals surface area contributed by atoms with Crippen molar-refractivity contribution in [1.82, 2.24) is 15.6 Å². The van der Waals surface area contributed by atoms with Crippen LogP contribution in [0.25, 0.3) is 10.8 Å². The molecule has 2 unspecified atom stereocenters. The molecule has 0 saturated heterocycles. The van der Waals surface area contributed by atoms with Gasteiger partial charge in [-0.15, -0.1) is 11.3 Å². The molecule has 0 bridgehead atoms. The molecule has 2 atom stereocenters. The average molecular weight is 501 g/mol. The first-order chi connectivity index (χ1) is 17.7. The van der Waals surface area contributed by atoms with E-state index in [0.29, 0.717) is 12.3 Å². The first-order valence-corrected chi connectivity index (χ1v) is 13.0. The number of nitrogens with one attached hydrogen (secondary N) is 3. The summed E-state index contributed by atoms with van der Waals surface area (Å²) in [5.41, 5.74) is 1.13. The van der Waals surface area contributed by atoms with Crippen LogP contribution >= 0.6 is 11.3 Å². The Kier molecular flexibility index (Phi) is 7.42. The molecule has 1 heterocycles. The van der Waals surface area contributed by atoms with Gasteiger partial charge in [0, 0.05) is 16.8 Å². The van der Waals surface area contributed by atoms with Crippen molar-refractivity contribution in [2.75, 3.05) is 5.32 Å². The number of ether oxygens (including phenoxy) is 1. The van der Waals surface area contributed by atoms with Crippen molar-refractivity contribution >= 4 is 39.7 Å². The third-order valence-electron chi connectivity index (χ3n) is 6.33. The number of para-hydroxylation sites is 1. The monoisotopic (exact) mass is 500 g/mol. The number of nitrogens with zero attached hydrogens (tertiary/aromatic N) is 1. The third-order valence-corrected chi connectivity index (χ3v) is 7.15. The number of carbonyl (C=O) groups excluding carboxylic acids is 2. The van der Waals surface area contributed by atoms with Crippen molar-refractivity contribution in [1.29, 1.82) is 0 Å². The standard InChI is InChI=1S/C28H28N4O3S/c33-27(25-18-36-26(29-25)17-35-20-11-2-1-3-12-20)30-23-14-6-7-15-24(23)32-28(34)31-22-16-8-10-19-9-4-5-13-21(19)22/h1-5,8-13,16,18,23-24H,6-7,14-15,17H2,(H,30,33)(H2,31,32,34). The minimum absolute atomic E-state index is 0.155. The van der Waals surface area contributed by atoms with Crippen LogP contribution in [0.1, 0.15) is 41.2 Å². The number of thiazole rings is 1. The summed E-state index contributed by atoms with van der Waals surface area (Å²) in [4.78, 5) is 30.2. The Bertz CT molecular complexity index is 1340. The van der Waals surface area contributed by atoms with Crippen LogP contribution in [-0.4, -0.2) is 29.0 Å². The topological polar surface area (TPSA) is 92.4 Å². The molecule has 3 amide bonds. The van der Waals surface area contributed by atoms with Crippen LogP contribution in [0.2, 0.25) is 0 Å². The van der Waals surface area contributed by atoms with Crippen molar-refractivity contribution in [3.05, 3.63) is 88.9 Å². The Labute approximate surface area is 213 Å². The molecule has 1 fully saturated rings. The lowest BCUT2D eigenvalue weighted by molar-refractivity contribution is 0.0911. The van der Waals surface area contributed by atoms with Crippen LogP contribution in [0.15, 0.2) is 78.2 Å². The van der Waals surface area contributed by atoms with E-state index in [9.17, 15) is 9.59 Å². The Morgan fingerprint density at radius 1 is 0.889 bits per heavy atom. The second-order valence-corrected chi connectivity index (χ2v) is 9.77. The van der Waals surface area contributed by atoms with E-state index in [0.717, 1.165) is 52.9 Å². The van der Waals surface area contributed by atoms with Crippen LogP contribution < -0.4 is 20.7 Å². The molecule has 0 aliphatic heterocycles. The maximum atomic E-state index is 12.9. The van der Waals surface area contributed by atoms with Gasteiger partial charge in [0.2, 0.25) is 0 Å². The molecular formula is C28H28N4O3S. The normalized spacial score (nSPS) is 17.3. The molecule has 4 aromatic rings. The van der Waals surface area contributed by atoms with E-state index in [1.165, 1.54) is 11.3 Å². The van der Waals surface area contributed by atoms with E-state index < -0.39 is 0 Å². The first kappa shape index (κ1) is 23.8. The number of fused-ring (bicyclic) bond motifs is 1. The van der Waals surface area contributed by atoms with Gasteiger partial charge in [-0.25, -0.2) is 9.78 Å². The van der Waals surface area contributed by atoms with Crippen molar-refractivity contribution in [3.8, 4) is 5.75 Å². The van der Waals surface area contributed by atoms with E-state index in [-0.39, 0.29) is 24.0 Å². The zero-order valence-electron chi connectivity index (χ0n) is 19.8. The van der Waals surface area contributed by atoms with Crippen molar-refractivity contribution in [3.63, 3.8) is 0 Å². The van der Waals surface area contributed by atoms with Crippen molar-refractivity contribution in [2.24, 2.45) is 0 Å². The molecular weight excluding hydrogens is 472 g/mol. The number of anilines is 1. The summed E-state index contributed by atoms with van der Waals surface area (Å²) in [6.07, 6.45) is 3.62. The van der Waals surface area contributed by atoms with E-state index in [2.05, 4.69) is 20.9 Å². The van der Waals surface area contributed by atoms with Crippen LogP contribution in [0.3, 0.4) is 0 Å². The molecule has 3 N–H and O–H groups in total. The quantitative estimate of drug-likeness (QED) is 0.302. The van der Waals surface area contributed by atoms with E-state index >= 15 is 0 Å². The number of amides is 3. The Morgan fingerprint density at radius 3 is 2.44 bits per heavy atom. The first-order valence-electron chi connectivity index (χ1n) is 12.1. The highest BCUT2D eigenvalue weighted by molar-refractivity contribution is 7.09. The van der Waals surface area contributed by atoms with Gasteiger partial charge in [-0.2, -0.15) is 0 Å². The Hall–Kier alpha value is -3.91. The fraction of sp³-hybridized carbons (Fsp3) is 0.250. The van der Waals surface area contributed by atoms with Crippen molar-refractivity contribution < 1.29 is 14.3 Å². The minimum Gasteiger partial charge on any atom is -0.486 e. The van der Waals surface area contributed by atoms with Gasteiger partial charge in [0.05, 0.1) is 11.7 Å². The summed E-state index contributed by atoms with van der Waals surface area (Å²) in [5, 5.41) is 13.7. The third kappa shape index (κ3) is 5.83. The van der Waals surface area contributed by atoms with E-state index in [1.54, 1.807) is 5.38 Å². The van der Waals surface area contributed by atoms with Gasteiger partial charge in [0.15, 0.2) is 0 Å². The van der Waals surface area contributed by atoms with Gasteiger partial charge in [-0.3, -0.25) is 4.79 Å². The number of hydrogen-bond acceptors (Lipinski definition) is 5. The Balaban J connectivity index is 1.18. The predicted octanol–water partition coefficient (Wildman–Crippen LogP) is 5.74. The zero-order chi connectivity index (χ0) is 24.7. The average Bonchev–Trinajstić information content (AvgIpc) is 3.39. The van der Waals surface area contributed by atoms with E-state index in [1.807, 2.05) is 72.8 Å². The summed E-state index contributed by atoms with van der Waals surface area (Å²) in [5.74, 6) is 0.530. The summed E-state index contributed by atoms with van der Waals surface area (Å²) in [6.45, 7) is 0.309. The molecule has 0 spiro atoms. The van der Waals surface area contributed by atoms with E-state index in [4.69, 9.17) is 4.74 Å². The molecule has 1 saturated carbocycles. The summed E-state index contributed by atoms with van der Waals surface area (Å²) >= 11 is 1.40. The van der Waals surface area contributed by atoms with Crippen LogP contribution in [-0.2, 0) is 6.61 Å². The number of urea groups is 1.